The van der Waals surface area contributed by atoms with E-state index in [9.17, 15) is 9.18 Å². The van der Waals surface area contributed by atoms with Crippen LogP contribution in [-0.4, -0.2) is 26.6 Å². The lowest BCUT2D eigenvalue weighted by Gasteiger charge is -2.37. The monoisotopic (exact) mass is 396 g/mol. The van der Waals surface area contributed by atoms with E-state index in [4.69, 9.17) is 9.26 Å². The highest BCUT2D eigenvalue weighted by atomic mass is 19.1. The first-order chi connectivity index (χ1) is 13.9. The summed E-state index contributed by atoms with van der Waals surface area (Å²) in [6, 6.07) is 9.55. The van der Waals surface area contributed by atoms with Gasteiger partial charge in [0, 0.05) is 37.1 Å². The number of benzene rings is 1. The van der Waals surface area contributed by atoms with Crippen LogP contribution in [-0.2, 0) is 11.2 Å². The smallest absolute Gasteiger partial charge is 0.227 e. The summed E-state index contributed by atoms with van der Waals surface area (Å²) < 4.78 is 24.6. The Bertz CT molecular complexity index is 1020. The van der Waals surface area contributed by atoms with Gasteiger partial charge in [-0.1, -0.05) is 17.3 Å². The zero-order chi connectivity index (χ0) is 20.4. The molecule has 1 unspecified atom stereocenters. The highest BCUT2D eigenvalue weighted by Crippen LogP contribution is 2.39. The maximum atomic E-state index is 13.6. The maximum absolute atomic E-state index is 13.6. The zero-order valence-corrected chi connectivity index (χ0v) is 16.2. The number of pyridine rings is 1. The molecular weight excluding hydrogens is 375 g/mol. The molecule has 1 amide bonds. The number of nitrogens with one attached hydrogen (secondary N) is 1. The Balaban J connectivity index is 1.40. The summed E-state index contributed by atoms with van der Waals surface area (Å²) in [4.78, 5) is 21.0. The van der Waals surface area contributed by atoms with Gasteiger partial charge in [-0.3, -0.25) is 9.78 Å². The Morgan fingerprint density at radius 2 is 2.17 bits per heavy atom. The third kappa shape index (κ3) is 4.42. The number of aromatic nitrogens is 3. The van der Waals surface area contributed by atoms with Crippen molar-refractivity contribution >= 4 is 5.91 Å². The van der Waals surface area contributed by atoms with Crippen molar-refractivity contribution in [2.75, 3.05) is 0 Å². The van der Waals surface area contributed by atoms with E-state index in [2.05, 4.69) is 20.4 Å². The molecule has 4 rings (SSSR count). The Hall–Kier alpha value is -3.29. The molecule has 0 saturated heterocycles. The molecule has 0 saturated carbocycles. The molecule has 0 aliphatic carbocycles. The van der Waals surface area contributed by atoms with Gasteiger partial charge in [-0.25, -0.2) is 4.39 Å². The van der Waals surface area contributed by atoms with Crippen LogP contribution in [0, 0.1) is 5.82 Å². The van der Waals surface area contributed by atoms with E-state index in [1.54, 1.807) is 24.4 Å². The summed E-state index contributed by atoms with van der Waals surface area (Å²) in [5.41, 5.74) is 0.873. The summed E-state index contributed by atoms with van der Waals surface area (Å²) in [7, 11) is 0. The van der Waals surface area contributed by atoms with Gasteiger partial charge in [-0.15, -0.1) is 0 Å². The van der Waals surface area contributed by atoms with Crippen molar-refractivity contribution in [1.82, 2.24) is 20.4 Å². The van der Waals surface area contributed by atoms with Crippen LogP contribution < -0.4 is 10.1 Å². The van der Waals surface area contributed by atoms with Gasteiger partial charge in [0.15, 0.2) is 0 Å². The number of hydrogen-bond donors (Lipinski definition) is 1. The first kappa shape index (κ1) is 19.0. The molecule has 0 radical (unpaired) electrons. The molecule has 1 aliphatic rings. The predicted octanol–water partition coefficient (Wildman–Crippen LogP) is 3.62. The topological polar surface area (TPSA) is 90.1 Å². The number of carbonyl (C=O) groups excluding carboxylic acids is 1. The van der Waals surface area contributed by atoms with Crippen molar-refractivity contribution in [1.29, 1.82) is 0 Å². The molecule has 2 aromatic heterocycles. The lowest BCUT2D eigenvalue weighted by molar-refractivity contribution is -0.122. The lowest BCUT2D eigenvalue weighted by atomic mass is 9.89. The number of rotatable bonds is 5. The second kappa shape index (κ2) is 7.62. The van der Waals surface area contributed by atoms with Gasteiger partial charge < -0.3 is 14.6 Å². The molecule has 0 bridgehead atoms. The summed E-state index contributed by atoms with van der Waals surface area (Å²) in [6.07, 6.45) is 2.74. The highest BCUT2D eigenvalue weighted by Gasteiger charge is 2.34. The summed E-state index contributed by atoms with van der Waals surface area (Å²) in [5, 5.41) is 6.92. The Labute approximate surface area is 167 Å². The SMILES string of the molecule is CC1(C)CC(NC(=O)CCc2nc(-c3ccccn3)no2)c2ccc(F)cc2O1. The highest BCUT2D eigenvalue weighted by molar-refractivity contribution is 5.76. The fourth-order valence-electron chi connectivity index (χ4n) is 3.40. The van der Waals surface area contributed by atoms with E-state index >= 15 is 0 Å². The van der Waals surface area contributed by atoms with Crippen molar-refractivity contribution in [3.05, 3.63) is 59.9 Å². The molecule has 0 fully saturated rings. The first-order valence-corrected chi connectivity index (χ1v) is 9.41. The van der Waals surface area contributed by atoms with E-state index < -0.39 is 5.60 Å². The van der Waals surface area contributed by atoms with Crippen LogP contribution in [0.2, 0.25) is 0 Å². The van der Waals surface area contributed by atoms with Gasteiger partial charge in [0.2, 0.25) is 17.6 Å². The van der Waals surface area contributed by atoms with E-state index in [1.807, 2.05) is 19.9 Å². The van der Waals surface area contributed by atoms with Crippen molar-refractivity contribution in [2.24, 2.45) is 0 Å². The molecule has 1 N–H and O–H groups in total. The lowest BCUT2D eigenvalue weighted by Crippen LogP contribution is -2.41. The first-order valence-electron chi connectivity index (χ1n) is 9.41. The summed E-state index contributed by atoms with van der Waals surface area (Å²) in [5.74, 6) is 0.703. The van der Waals surface area contributed by atoms with Crippen LogP contribution in [0.5, 0.6) is 5.75 Å². The Morgan fingerprint density at radius 1 is 1.31 bits per heavy atom. The minimum absolute atomic E-state index is 0.152. The van der Waals surface area contributed by atoms with Crippen molar-refractivity contribution in [3.63, 3.8) is 0 Å². The Morgan fingerprint density at radius 3 is 2.97 bits per heavy atom. The van der Waals surface area contributed by atoms with Crippen LogP contribution in [0.15, 0.2) is 47.1 Å². The molecule has 150 valence electrons. The largest absolute Gasteiger partial charge is 0.487 e. The van der Waals surface area contributed by atoms with Gasteiger partial charge >= 0.3 is 0 Å². The molecule has 3 heterocycles. The second-order valence-corrected chi connectivity index (χ2v) is 7.59. The molecule has 1 aliphatic heterocycles. The number of fused-ring (bicyclic) bond motifs is 1. The van der Waals surface area contributed by atoms with Crippen LogP contribution in [0.1, 0.15) is 44.2 Å². The fourth-order valence-corrected chi connectivity index (χ4v) is 3.40. The van der Waals surface area contributed by atoms with Crippen LogP contribution >= 0.6 is 0 Å². The molecule has 8 heteroatoms. The van der Waals surface area contributed by atoms with Gasteiger partial charge in [0.1, 0.15) is 22.9 Å². The normalized spacial score (nSPS) is 17.3. The number of amides is 1. The van der Waals surface area contributed by atoms with Crippen LogP contribution in [0.4, 0.5) is 4.39 Å². The van der Waals surface area contributed by atoms with E-state index in [0.29, 0.717) is 36.0 Å². The summed E-state index contributed by atoms with van der Waals surface area (Å²) in [6.45, 7) is 3.83. The van der Waals surface area contributed by atoms with E-state index in [0.717, 1.165) is 5.56 Å². The van der Waals surface area contributed by atoms with Crippen LogP contribution in [0.25, 0.3) is 11.5 Å². The average molecular weight is 396 g/mol. The van der Waals surface area contributed by atoms with Gasteiger partial charge in [0.25, 0.3) is 0 Å². The number of hydrogen-bond acceptors (Lipinski definition) is 6. The molecule has 29 heavy (non-hydrogen) atoms. The molecule has 1 aromatic carbocycles. The summed E-state index contributed by atoms with van der Waals surface area (Å²) >= 11 is 0. The molecular formula is C21H21FN4O3. The minimum Gasteiger partial charge on any atom is -0.487 e. The fraction of sp³-hybridized carbons (Fsp3) is 0.333. The van der Waals surface area contributed by atoms with Gasteiger partial charge in [-0.2, -0.15) is 4.98 Å². The van der Waals surface area contributed by atoms with Crippen molar-refractivity contribution in [3.8, 4) is 17.3 Å². The van der Waals surface area contributed by atoms with Crippen molar-refractivity contribution in [2.45, 2.75) is 44.8 Å². The number of ether oxygens (including phenoxy) is 1. The number of carbonyl (C=O) groups is 1. The van der Waals surface area contributed by atoms with Gasteiger partial charge in [-0.05, 0) is 32.0 Å². The van der Waals surface area contributed by atoms with Crippen LogP contribution in [0.3, 0.4) is 0 Å². The molecule has 7 nitrogen and oxygen atoms in total. The zero-order valence-electron chi connectivity index (χ0n) is 16.2. The number of nitrogens with zero attached hydrogens (tertiary/aromatic N) is 3. The van der Waals surface area contributed by atoms with Crippen molar-refractivity contribution < 1.29 is 18.4 Å². The molecule has 3 aromatic rings. The standard InChI is InChI=1S/C21H21FN4O3/c1-21(2)12-16(14-7-6-13(22)11-17(14)28-21)24-18(27)8-9-19-25-20(26-29-19)15-5-3-4-10-23-15/h3-7,10-11,16H,8-9,12H2,1-2H3,(H,24,27). The third-order valence-electron chi connectivity index (χ3n) is 4.70. The number of halogens is 1. The second-order valence-electron chi connectivity index (χ2n) is 7.59. The quantitative estimate of drug-likeness (QED) is 0.708. The van der Waals surface area contributed by atoms with E-state index in [1.165, 1.54) is 12.1 Å². The van der Waals surface area contributed by atoms with Gasteiger partial charge in [0.05, 0.1) is 6.04 Å². The predicted molar refractivity (Wildman–Crippen MR) is 102 cm³/mol. The third-order valence-corrected chi connectivity index (χ3v) is 4.70. The molecule has 1 atom stereocenters. The average Bonchev–Trinajstić information content (AvgIpc) is 3.15. The minimum atomic E-state index is -0.511. The van der Waals surface area contributed by atoms with E-state index in [-0.39, 0.29) is 24.2 Å². The Kier molecular flexibility index (Phi) is 5.00. The number of aryl methyl sites for hydroxylation is 1. The molecule has 0 spiro atoms. The maximum Gasteiger partial charge on any atom is 0.227 e.